The predicted molar refractivity (Wildman–Crippen MR) is 142 cm³/mol. The molecule has 3 aliphatic rings. The van der Waals surface area contributed by atoms with Crippen molar-refractivity contribution < 1.29 is 9.21 Å². The SMILES string of the molecule is Cc1cc2c(cc1Cc1ccc(C(=O)N3CCC(N4CCCCC4)CC3)o1)C(C)(C)CCC2(C)C. The third kappa shape index (κ3) is 4.96. The Bertz CT molecular complexity index is 1070. The van der Waals surface area contributed by atoms with Crippen LogP contribution in [0.15, 0.2) is 28.7 Å². The lowest BCUT2D eigenvalue weighted by Crippen LogP contribution is -2.48. The average molecular weight is 477 g/mol. The number of hydrogen-bond acceptors (Lipinski definition) is 3. The molecule has 2 aromatic rings. The van der Waals surface area contributed by atoms with Crippen LogP contribution in [-0.4, -0.2) is 47.9 Å². The number of piperidine rings is 2. The van der Waals surface area contributed by atoms with E-state index < -0.39 is 0 Å². The van der Waals surface area contributed by atoms with E-state index >= 15 is 0 Å². The number of aryl methyl sites for hydroxylation is 1. The van der Waals surface area contributed by atoms with Gasteiger partial charge in [0.2, 0.25) is 0 Å². The average Bonchev–Trinajstić information content (AvgIpc) is 3.32. The summed E-state index contributed by atoms with van der Waals surface area (Å²) in [5, 5.41) is 0. The van der Waals surface area contributed by atoms with Gasteiger partial charge in [-0.25, -0.2) is 0 Å². The fraction of sp³-hybridized carbons (Fsp3) is 0.645. The molecule has 0 spiro atoms. The van der Waals surface area contributed by atoms with Gasteiger partial charge in [-0.3, -0.25) is 4.79 Å². The van der Waals surface area contributed by atoms with Crippen LogP contribution in [0.2, 0.25) is 0 Å². The molecule has 5 rings (SSSR count). The highest BCUT2D eigenvalue weighted by atomic mass is 16.4. The van der Waals surface area contributed by atoms with Gasteiger partial charge in [0.1, 0.15) is 5.76 Å². The van der Waals surface area contributed by atoms with Gasteiger partial charge in [0, 0.05) is 25.6 Å². The van der Waals surface area contributed by atoms with E-state index in [1.807, 2.05) is 17.0 Å². The van der Waals surface area contributed by atoms with Crippen molar-refractivity contribution in [3.63, 3.8) is 0 Å². The standard InChI is InChI=1S/C31H44N2O2/c1-22-19-26-27(31(4,5)14-13-30(26,2)3)21-23(22)20-25-9-10-28(35-25)29(34)33-17-11-24(12-18-33)32-15-7-6-8-16-32/h9-10,19,21,24H,6-8,11-18,20H2,1-5H3. The summed E-state index contributed by atoms with van der Waals surface area (Å²) in [5.74, 6) is 1.43. The maximum atomic E-state index is 13.2. The van der Waals surface area contributed by atoms with Crippen molar-refractivity contribution in [1.82, 2.24) is 9.80 Å². The summed E-state index contributed by atoms with van der Waals surface area (Å²) in [4.78, 5) is 17.8. The molecule has 35 heavy (non-hydrogen) atoms. The van der Waals surface area contributed by atoms with E-state index in [0.29, 0.717) is 11.8 Å². The zero-order chi connectivity index (χ0) is 24.8. The first-order valence-corrected chi connectivity index (χ1v) is 13.9. The highest BCUT2D eigenvalue weighted by Gasteiger charge is 2.37. The number of rotatable bonds is 4. The van der Waals surface area contributed by atoms with E-state index in [2.05, 4.69) is 51.7 Å². The Labute approximate surface area is 212 Å². The van der Waals surface area contributed by atoms with Crippen molar-refractivity contribution in [1.29, 1.82) is 0 Å². The quantitative estimate of drug-likeness (QED) is 0.498. The summed E-state index contributed by atoms with van der Waals surface area (Å²) in [6, 6.07) is 9.36. The van der Waals surface area contributed by atoms with Crippen molar-refractivity contribution in [2.24, 2.45) is 0 Å². The fourth-order valence-corrected chi connectivity index (χ4v) is 6.61. The first kappa shape index (κ1) is 24.6. The lowest BCUT2D eigenvalue weighted by Gasteiger charge is -2.42. The molecule has 0 unspecified atom stereocenters. The van der Waals surface area contributed by atoms with Crippen LogP contribution in [-0.2, 0) is 17.3 Å². The van der Waals surface area contributed by atoms with Gasteiger partial charge >= 0.3 is 0 Å². The van der Waals surface area contributed by atoms with Crippen LogP contribution in [0, 0.1) is 6.92 Å². The molecule has 2 fully saturated rings. The van der Waals surface area contributed by atoms with Crippen LogP contribution in [0.25, 0.3) is 0 Å². The molecule has 0 N–H and O–H groups in total. The molecule has 3 heterocycles. The highest BCUT2D eigenvalue weighted by Crippen LogP contribution is 2.46. The molecule has 1 aromatic carbocycles. The van der Waals surface area contributed by atoms with E-state index in [0.717, 1.165) is 38.1 Å². The number of nitrogens with zero attached hydrogens (tertiary/aromatic N) is 2. The van der Waals surface area contributed by atoms with Crippen LogP contribution in [0.3, 0.4) is 0 Å². The first-order valence-electron chi connectivity index (χ1n) is 13.9. The lowest BCUT2D eigenvalue weighted by molar-refractivity contribution is 0.0561. The number of amides is 1. The number of carbonyl (C=O) groups excluding carboxylic acids is 1. The number of likely N-dealkylation sites (tertiary alicyclic amines) is 2. The van der Waals surface area contributed by atoms with E-state index in [9.17, 15) is 4.79 Å². The maximum Gasteiger partial charge on any atom is 0.289 e. The van der Waals surface area contributed by atoms with Gasteiger partial charge < -0.3 is 14.2 Å². The summed E-state index contributed by atoms with van der Waals surface area (Å²) in [5.41, 5.74) is 6.02. The molecule has 190 valence electrons. The van der Waals surface area contributed by atoms with Crippen molar-refractivity contribution in [3.8, 4) is 0 Å². The molecule has 4 heteroatoms. The van der Waals surface area contributed by atoms with Crippen molar-refractivity contribution in [2.75, 3.05) is 26.2 Å². The normalized spacial score (nSPS) is 22.7. The Morgan fingerprint density at radius 3 is 2.20 bits per heavy atom. The van der Waals surface area contributed by atoms with Crippen molar-refractivity contribution in [3.05, 3.63) is 58.0 Å². The van der Waals surface area contributed by atoms with E-state index in [1.165, 1.54) is 67.4 Å². The summed E-state index contributed by atoms with van der Waals surface area (Å²) in [7, 11) is 0. The Morgan fingerprint density at radius 1 is 0.914 bits per heavy atom. The Kier molecular flexibility index (Phi) is 6.63. The summed E-state index contributed by atoms with van der Waals surface area (Å²) in [6.45, 7) is 15.9. The molecule has 1 amide bonds. The monoisotopic (exact) mass is 476 g/mol. The van der Waals surface area contributed by atoms with Gasteiger partial charge in [-0.05, 0) is 104 Å². The summed E-state index contributed by atoms with van der Waals surface area (Å²) in [6.07, 6.45) is 9.36. The second kappa shape index (κ2) is 9.42. The molecule has 2 aliphatic heterocycles. The molecular weight excluding hydrogens is 432 g/mol. The zero-order valence-electron chi connectivity index (χ0n) is 22.6. The minimum atomic E-state index is 0.0541. The smallest absolute Gasteiger partial charge is 0.289 e. The van der Waals surface area contributed by atoms with Gasteiger partial charge in [-0.15, -0.1) is 0 Å². The van der Waals surface area contributed by atoms with Gasteiger partial charge in [-0.1, -0.05) is 46.2 Å². The molecule has 1 aromatic heterocycles. The molecule has 0 radical (unpaired) electrons. The molecule has 0 atom stereocenters. The predicted octanol–water partition coefficient (Wildman–Crippen LogP) is 6.62. The van der Waals surface area contributed by atoms with Crippen molar-refractivity contribution in [2.45, 2.75) is 103 Å². The van der Waals surface area contributed by atoms with Crippen LogP contribution in [0.4, 0.5) is 0 Å². The van der Waals surface area contributed by atoms with Crippen LogP contribution >= 0.6 is 0 Å². The number of carbonyl (C=O) groups is 1. The molecule has 0 saturated carbocycles. The van der Waals surface area contributed by atoms with Gasteiger partial charge in [0.15, 0.2) is 5.76 Å². The van der Waals surface area contributed by atoms with E-state index in [4.69, 9.17) is 4.42 Å². The van der Waals surface area contributed by atoms with Crippen LogP contribution < -0.4 is 0 Å². The Hall–Kier alpha value is -2.07. The van der Waals surface area contributed by atoms with Crippen LogP contribution in [0.5, 0.6) is 0 Å². The summed E-state index contributed by atoms with van der Waals surface area (Å²) < 4.78 is 6.14. The Morgan fingerprint density at radius 2 is 1.54 bits per heavy atom. The minimum absolute atomic E-state index is 0.0541. The van der Waals surface area contributed by atoms with Gasteiger partial charge in [-0.2, -0.15) is 0 Å². The van der Waals surface area contributed by atoms with Gasteiger partial charge in [0.25, 0.3) is 5.91 Å². The highest BCUT2D eigenvalue weighted by molar-refractivity contribution is 5.91. The number of benzene rings is 1. The maximum absolute atomic E-state index is 13.2. The number of fused-ring (bicyclic) bond motifs is 1. The van der Waals surface area contributed by atoms with Gasteiger partial charge in [0.05, 0.1) is 0 Å². The lowest BCUT2D eigenvalue weighted by atomic mass is 9.62. The van der Waals surface area contributed by atoms with E-state index in [-0.39, 0.29) is 16.7 Å². The topological polar surface area (TPSA) is 36.7 Å². The second-order valence-electron chi connectivity index (χ2n) is 12.7. The molecule has 0 bridgehead atoms. The number of furan rings is 1. The molecule has 1 aliphatic carbocycles. The molecule has 4 nitrogen and oxygen atoms in total. The summed E-state index contributed by atoms with van der Waals surface area (Å²) >= 11 is 0. The third-order valence-corrected chi connectivity index (χ3v) is 9.21. The van der Waals surface area contributed by atoms with Crippen LogP contribution in [0.1, 0.15) is 111 Å². The zero-order valence-corrected chi connectivity index (χ0v) is 22.6. The molecular formula is C31H44N2O2. The largest absolute Gasteiger partial charge is 0.456 e. The Balaban J connectivity index is 1.26. The fourth-order valence-electron chi connectivity index (χ4n) is 6.61. The second-order valence-corrected chi connectivity index (χ2v) is 12.7. The third-order valence-electron chi connectivity index (χ3n) is 9.21. The van der Waals surface area contributed by atoms with E-state index in [1.54, 1.807) is 0 Å². The first-order chi connectivity index (χ1) is 16.6. The van der Waals surface area contributed by atoms with Crippen molar-refractivity contribution >= 4 is 5.91 Å². The number of hydrogen-bond donors (Lipinski definition) is 0. The minimum Gasteiger partial charge on any atom is -0.456 e. The molecule has 2 saturated heterocycles.